The fraction of sp³-hybridized carbons (Fsp3) is 0.167. The highest BCUT2D eigenvalue weighted by Gasteiger charge is 2.20. The number of H-pyrrole nitrogens is 1. The van der Waals surface area contributed by atoms with Crippen LogP contribution in [0.4, 0.5) is 0 Å². The third kappa shape index (κ3) is 3.03. The van der Waals surface area contributed by atoms with Gasteiger partial charge in [-0.3, -0.25) is 5.10 Å². The number of nitrogens with zero attached hydrogens (tertiary/aromatic N) is 1. The van der Waals surface area contributed by atoms with Crippen molar-refractivity contribution in [2.45, 2.75) is 17.9 Å². The number of rotatable bonds is 5. The van der Waals surface area contributed by atoms with Crippen molar-refractivity contribution in [1.82, 2.24) is 14.9 Å². The average Bonchev–Trinajstić information content (AvgIpc) is 2.92. The summed E-state index contributed by atoms with van der Waals surface area (Å²) < 4.78 is 26.8. The normalized spacial score (nSPS) is 13.1. The fourth-order valence-electron chi connectivity index (χ4n) is 1.66. The second kappa shape index (κ2) is 5.43. The number of carboxylic acid groups (broad SMARTS) is 1. The Morgan fingerprint density at radius 3 is 2.80 bits per heavy atom. The van der Waals surface area contributed by atoms with Crippen LogP contribution in [0.3, 0.4) is 0 Å². The van der Waals surface area contributed by atoms with Gasteiger partial charge in [0.05, 0.1) is 16.7 Å². The van der Waals surface area contributed by atoms with Gasteiger partial charge in [0.1, 0.15) is 0 Å². The Labute approximate surface area is 115 Å². The molecule has 0 aliphatic heterocycles. The summed E-state index contributed by atoms with van der Waals surface area (Å²) >= 11 is 0. The number of hydrogen-bond donors (Lipinski definition) is 3. The van der Waals surface area contributed by atoms with Gasteiger partial charge >= 0.3 is 5.97 Å². The zero-order chi connectivity index (χ0) is 14.8. The molecule has 0 spiro atoms. The van der Waals surface area contributed by atoms with Crippen molar-refractivity contribution in [3.8, 4) is 0 Å². The van der Waals surface area contributed by atoms with Gasteiger partial charge in [0.25, 0.3) is 0 Å². The summed E-state index contributed by atoms with van der Waals surface area (Å²) in [5.74, 6) is -1.18. The molecule has 2 aromatic rings. The number of aromatic nitrogens is 2. The summed E-state index contributed by atoms with van der Waals surface area (Å²) in [6.45, 7) is 1.67. The van der Waals surface area contributed by atoms with Crippen LogP contribution in [0.15, 0.2) is 41.6 Å². The molecule has 1 heterocycles. The van der Waals surface area contributed by atoms with E-state index < -0.39 is 22.0 Å². The molecule has 0 amide bonds. The molecule has 1 unspecified atom stereocenters. The molecular weight excluding hydrogens is 282 g/mol. The number of carbonyl (C=O) groups is 1. The van der Waals surface area contributed by atoms with Crippen LogP contribution in [0.2, 0.25) is 0 Å². The summed E-state index contributed by atoms with van der Waals surface area (Å²) in [7, 11) is -3.80. The smallest absolute Gasteiger partial charge is 0.335 e. The van der Waals surface area contributed by atoms with Gasteiger partial charge < -0.3 is 5.11 Å². The summed E-state index contributed by atoms with van der Waals surface area (Å²) in [5, 5.41) is 15.2. The quantitative estimate of drug-likeness (QED) is 0.766. The summed E-state index contributed by atoms with van der Waals surface area (Å²) in [5.41, 5.74) is 0.604. The second-order valence-corrected chi connectivity index (χ2v) is 5.92. The van der Waals surface area contributed by atoms with E-state index >= 15 is 0 Å². The first-order valence-corrected chi connectivity index (χ1v) is 7.23. The third-order valence-electron chi connectivity index (χ3n) is 2.74. The minimum Gasteiger partial charge on any atom is -0.478 e. The third-order valence-corrected chi connectivity index (χ3v) is 4.28. The first kappa shape index (κ1) is 14.2. The summed E-state index contributed by atoms with van der Waals surface area (Å²) in [6, 6.07) is 4.71. The van der Waals surface area contributed by atoms with E-state index in [9.17, 15) is 13.2 Å². The van der Waals surface area contributed by atoms with Crippen LogP contribution in [0.5, 0.6) is 0 Å². The highest BCUT2D eigenvalue weighted by atomic mass is 32.2. The van der Waals surface area contributed by atoms with Crippen molar-refractivity contribution in [3.05, 3.63) is 47.8 Å². The van der Waals surface area contributed by atoms with Crippen LogP contribution in [0.1, 0.15) is 28.9 Å². The molecule has 0 aliphatic rings. The number of carboxylic acids is 1. The Hall–Kier alpha value is -2.19. The lowest BCUT2D eigenvalue weighted by Crippen LogP contribution is -2.26. The van der Waals surface area contributed by atoms with Crippen molar-refractivity contribution in [2.75, 3.05) is 0 Å². The lowest BCUT2D eigenvalue weighted by molar-refractivity contribution is 0.0696. The Morgan fingerprint density at radius 2 is 2.20 bits per heavy atom. The van der Waals surface area contributed by atoms with Crippen molar-refractivity contribution in [3.63, 3.8) is 0 Å². The van der Waals surface area contributed by atoms with Crippen LogP contribution < -0.4 is 4.72 Å². The number of benzene rings is 1. The number of aromatic carboxylic acids is 1. The number of sulfonamides is 1. The Morgan fingerprint density at radius 1 is 1.45 bits per heavy atom. The molecule has 1 aromatic carbocycles. The summed E-state index contributed by atoms with van der Waals surface area (Å²) in [6.07, 6.45) is 3.10. The maximum absolute atomic E-state index is 12.2. The number of aromatic amines is 1. The molecule has 7 nitrogen and oxygen atoms in total. The molecule has 0 saturated heterocycles. The van der Waals surface area contributed by atoms with E-state index in [2.05, 4.69) is 14.9 Å². The van der Waals surface area contributed by atoms with Crippen molar-refractivity contribution in [2.24, 2.45) is 0 Å². The highest BCUT2D eigenvalue weighted by molar-refractivity contribution is 7.89. The van der Waals surface area contributed by atoms with Crippen molar-refractivity contribution in [1.29, 1.82) is 0 Å². The molecule has 1 atom stereocenters. The minimum atomic E-state index is -3.80. The monoisotopic (exact) mass is 295 g/mol. The van der Waals surface area contributed by atoms with Gasteiger partial charge in [-0.15, -0.1) is 0 Å². The first-order chi connectivity index (χ1) is 9.40. The average molecular weight is 295 g/mol. The van der Waals surface area contributed by atoms with Crippen LogP contribution in [0.25, 0.3) is 0 Å². The largest absolute Gasteiger partial charge is 0.478 e. The van der Waals surface area contributed by atoms with Gasteiger partial charge in [0.15, 0.2) is 0 Å². The standard InChI is InChI=1S/C12H13N3O4S/c1-8(10-6-13-14-7-10)15-20(18,19)11-4-2-3-9(5-11)12(16)17/h2-8,15H,1H3,(H,13,14)(H,16,17). The predicted octanol–water partition coefficient (Wildman–Crippen LogP) is 1.15. The SMILES string of the molecule is CC(NS(=O)(=O)c1cccc(C(=O)O)c1)c1cn[nH]c1. The maximum Gasteiger partial charge on any atom is 0.335 e. The van der Waals surface area contributed by atoms with Gasteiger partial charge in [-0.1, -0.05) is 6.07 Å². The molecule has 106 valence electrons. The molecule has 20 heavy (non-hydrogen) atoms. The molecule has 3 N–H and O–H groups in total. The first-order valence-electron chi connectivity index (χ1n) is 5.74. The van der Waals surface area contributed by atoms with E-state index in [4.69, 9.17) is 5.11 Å². The van der Waals surface area contributed by atoms with Crippen LogP contribution in [-0.4, -0.2) is 29.7 Å². The highest BCUT2D eigenvalue weighted by Crippen LogP contribution is 2.16. The zero-order valence-corrected chi connectivity index (χ0v) is 11.4. The molecular formula is C12H13N3O4S. The van der Waals surface area contributed by atoms with E-state index in [1.165, 1.54) is 24.4 Å². The molecule has 0 saturated carbocycles. The van der Waals surface area contributed by atoms with Gasteiger partial charge in [0, 0.05) is 17.8 Å². The summed E-state index contributed by atoms with van der Waals surface area (Å²) in [4.78, 5) is 10.8. The van der Waals surface area contributed by atoms with Gasteiger partial charge in [-0.05, 0) is 25.1 Å². The lowest BCUT2D eigenvalue weighted by atomic mass is 10.2. The van der Waals surface area contributed by atoms with Crippen molar-refractivity contribution >= 4 is 16.0 Å². The molecule has 0 radical (unpaired) electrons. The van der Waals surface area contributed by atoms with Crippen LogP contribution >= 0.6 is 0 Å². The molecule has 2 rings (SSSR count). The maximum atomic E-state index is 12.2. The topological polar surface area (TPSA) is 112 Å². The van der Waals surface area contributed by atoms with E-state index in [1.54, 1.807) is 13.1 Å². The zero-order valence-electron chi connectivity index (χ0n) is 10.6. The molecule has 0 aliphatic carbocycles. The molecule has 0 fully saturated rings. The van der Waals surface area contributed by atoms with Gasteiger partial charge in [-0.25, -0.2) is 17.9 Å². The lowest BCUT2D eigenvalue weighted by Gasteiger charge is -2.12. The van der Waals surface area contributed by atoms with Crippen molar-refractivity contribution < 1.29 is 18.3 Å². The van der Waals surface area contributed by atoms with Gasteiger partial charge in [0.2, 0.25) is 10.0 Å². The van der Waals surface area contributed by atoms with E-state index in [0.29, 0.717) is 5.56 Å². The van der Waals surface area contributed by atoms with E-state index in [1.807, 2.05) is 0 Å². The second-order valence-electron chi connectivity index (χ2n) is 4.21. The minimum absolute atomic E-state index is 0.0798. The Bertz CT molecular complexity index is 710. The van der Waals surface area contributed by atoms with Crippen LogP contribution in [0, 0.1) is 0 Å². The number of nitrogens with one attached hydrogen (secondary N) is 2. The van der Waals surface area contributed by atoms with Crippen LogP contribution in [-0.2, 0) is 10.0 Å². The number of hydrogen-bond acceptors (Lipinski definition) is 4. The Kier molecular flexibility index (Phi) is 3.86. The van der Waals surface area contributed by atoms with E-state index in [-0.39, 0.29) is 10.5 Å². The fourth-order valence-corrected chi connectivity index (χ4v) is 2.94. The predicted molar refractivity (Wildman–Crippen MR) is 70.7 cm³/mol. The Balaban J connectivity index is 2.26. The van der Waals surface area contributed by atoms with E-state index in [0.717, 1.165) is 6.07 Å². The molecule has 0 bridgehead atoms. The molecule has 8 heteroatoms. The van der Waals surface area contributed by atoms with Gasteiger partial charge in [-0.2, -0.15) is 5.10 Å². The molecule has 1 aromatic heterocycles.